The summed E-state index contributed by atoms with van der Waals surface area (Å²) < 4.78 is 18.3. The molecule has 8 atom stereocenters. The quantitative estimate of drug-likeness (QED) is 0.412. The van der Waals surface area contributed by atoms with E-state index in [1.54, 1.807) is 12.1 Å². The van der Waals surface area contributed by atoms with Crippen molar-refractivity contribution in [1.82, 2.24) is 5.32 Å². The number of esters is 1. The van der Waals surface area contributed by atoms with Gasteiger partial charge in [0.25, 0.3) is 0 Å². The number of carboxylic acid groups (broad SMARTS) is 1. The van der Waals surface area contributed by atoms with Crippen LogP contribution in [0, 0.1) is 23.7 Å². The Morgan fingerprint density at radius 3 is 2.54 bits per heavy atom. The van der Waals surface area contributed by atoms with Gasteiger partial charge in [0.2, 0.25) is 18.0 Å². The van der Waals surface area contributed by atoms with Gasteiger partial charge in [-0.2, -0.15) is 0 Å². The number of rotatable bonds is 7. The van der Waals surface area contributed by atoms with E-state index in [9.17, 15) is 14.4 Å². The van der Waals surface area contributed by atoms with Gasteiger partial charge in [0, 0.05) is 31.2 Å². The number of carbonyl (C=O) groups excluding carboxylic acids is 2. The van der Waals surface area contributed by atoms with Crippen molar-refractivity contribution in [2.75, 3.05) is 0 Å². The van der Waals surface area contributed by atoms with Crippen LogP contribution in [0.3, 0.4) is 0 Å². The predicted octanol–water partition coefficient (Wildman–Crippen LogP) is 3.53. The fourth-order valence-electron chi connectivity index (χ4n) is 6.46. The highest BCUT2D eigenvalue weighted by Gasteiger charge is 2.69. The molecule has 1 spiro atoms. The van der Waals surface area contributed by atoms with Crippen molar-refractivity contribution in [2.45, 2.75) is 89.8 Å². The number of ether oxygens (including phenoxy) is 3. The van der Waals surface area contributed by atoms with E-state index < -0.39 is 35.9 Å². The molecule has 4 heterocycles. The molecule has 8 unspecified atom stereocenters. The van der Waals surface area contributed by atoms with Gasteiger partial charge in [-0.15, -0.1) is 0 Å². The molecule has 0 radical (unpaired) electrons. The van der Waals surface area contributed by atoms with Gasteiger partial charge in [-0.1, -0.05) is 26.0 Å². The monoisotopic (exact) mass is 517 g/mol. The second-order valence-corrected chi connectivity index (χ2v) is 11.0. The van der Waals surface area contributed by atoms with Gasteiger partial charge in [-0.3, -0.25) is 9.59 Å². The molecule has 5 aliphatic rings. The van der Waals surface area contributed by atoms with Crippen molar-refractivity contribution < 1.29 is 43.5 Å². The Labute approximate surface area is 215 Å². The van der Waals surface area contributed by atoms with E-state index in [0.29, 0.717) is 12.3 Å². The van der Waals surface area contributed by atoms with E-state index in [1.165, 1.54) is 12.1 Å². The third-order valence-corrected chi connectivity index (χ3v) is 8.59. The molecular formula is C27H35NO9. The molecule has 1 saturated carbocycles. The van der Waals surface area contributed by atoms with Crippen molar-refractivity contribution in [3.63, 3.8) is 0 Å². The zero-order chi connectivity index (χ0) is 26.4. The van der Waals surface area contributed by atoms with Crippen molar-refractivity contribution in [2.24, 2.45) is 23.7 Å². The number of hydrogen-bond donors (Lipinski definition) is 2. The molecule has 10 heteroatoms. The number of nitrogens with one attached hydrogen (secondary N) is 1. The lowest BCUT2D eigenvalue weighted by Gasteiger charge is -2.59. The largest absolute Gasteiger partial charge is 0.478 e. The summed E-state index contributed by atoms with van der Waals surface area (Å²) in [5, 5.41) is 11.7. The van der Waals surface area contributed by atoms with Gasteiger partial charge in [0.15, 0.2) is 11.9 Å². The lowest BCUT2D eigenvalue weighted by atomic mass is 9.58. The van der Waals surface area contributed by atoms with Crippen LogP contribution in [0.25, 0.3) is 0 Å². The SMILES string of the molecule is CC1CCC2C(C)C(OC(=O)CCC(=O)NCc3ccc(C(=O)O)cc3)OC3OC4(C)CCC1C32OO4. The Balaban J connectivity index is 1.16. The Morgan fingerprint density at radius 2 is 1.81 bits per heavy atom. The topological polar surface area (TPSA) is 130 Å². The Bertz CT molecular complexity index is 1040. The van der Waals surface area contributed by atoms with Crippen molar-refractivity contribution in [1.29, 1.82) is 0 Å². The van der Waals surface area contributed by atoms with E-state index in [2.05, 4.69) is 12.2 Å². The number of fused-ring (bicyclic) bond motifs is 2. The molecular weight excluding hydrogens is 482 g/mol. The van der Waals surface area contributed by atoms with Gasteiger partial charge >= 0.3 is 11.9 Å². The summed E-state index contributed by atoms with van der Waals surface area (Å²) in [5.41, 5.74) is 0.215. The molecule has 1 aromatic carbocycles. The average Bonchev–Trinajstić information content (AvgIpc) is 3.10. The molecule has 202 valence electrons. The van der Waals surface area contributed by atoms with E-state index in [0.717, 1.165) is 24.8 Å². The van der Waals surface area contributed by atoms with Gasteiger partial charge in [-0.05, 0) is 55.7 Å². The number of benzene rings is 1. The maximum Gasteiger partial charge on any atom is 0.335 e. The summed E-state index contributed by atoms with van der Waals surface area (Å²) in [6.07, 6.45) is 1.95. The van der Waals surface area contributed by atoms with E-state index in [1.807, 2.05) is 13.8 Å². The first-order valence-corrected chi connectivity index (χ1v) is 13.1. The van der Waals surface area contributed by atoms with Crippen molar-refractivity contribution in [3.8, 4) is 0 Å². The summed E-state index contributed by atoms with van der Waals surface area (Å²) in [6, 6.07) is 6.24. The van der Waals surface area contributed by atoms with Crippen LogP contribution in [0.15, 0.2) is 24.3 Å². The molecule has 2 N–H and O–H groups in total. The van der Waals surface area contributed by atoms with Crippen molar-refractivity contribution in [3.05, 3.63) is 35.4 Å². The first-order valence-electron chi connectivity index (χ1n) is 13.1. The Kier molecular flexibility index (Phi) is 7.04. The average molecular weight is 518 g/mol. The van der Waals surface area contributed by atoms with E-state index in [-0.39, 0.29) is 48.6 Å². The summed E-state index contributed by atoms with van der Waals surface area (Å²) in [6.45, 7) is 6.33. The maximum absolute atomic E-state index is 12.7. The fourth-order valence-corrected chi connectivity index (χ4v) is 6.46. The third-order valence-electron chi connectivity index (χ3n) is 8.59. The molecule has 1 amide bonds. The summed E-state index contributed by atoms with van der Waals surface area (Å²) in [4.78, 5) is 47.8. The summed E-state index contributed by atoms with van der Waals surface area (Å²) in [5.74, 6) is -2.15. The Hall–Kier alpha value is -2.53. The Morgan fingerprint density at radius 1 is 1.05 bits per heavy atom. The summed E-state index contributed by atoms with van der Waals surface area (Å²) >= 11 is 0. The molecule has 4 saturated heterocycles. The first kappa shape index (κ1) is 26.1. The lowest BCUT2D eigenvalue weighted by Crippen LogP contribution is -2.70. The highest BCUT2D eigenvalue weighted by molar-refractivity contribution is 5.87. The lowest BCUT2D eigenvalue weighted by molar-refractivity contribution is -0.576. The van der Waals surface area contributed by atoms with Crippen LogP contribution in [0.4, 0.5) is 0 Å². The number of carbonyl (C=O) groups is 3. The van der Waals surface area contributed by atoms with Gasteiger partial charge < -0.3 is 24.6 Å². The molecule has 6 rings (SSSR count). The minimum atomic E-state index is -1.01. The molecule has 0 aromatic heterocycles. The second-order valence-electron chi connectivity index (χ2n) is 11.0. The van der Waals surface area contributed by atoms with Crippen LogP contribution in [-0.4, -0.2) is 46.9 Å². The standard InChI is InChI=1S/C27H35NO9/c1-15-4-9-20-16(2)24(34-25-27(20)19(15)12-13-26(3,35-25)36-37-27)33-22(30)11-10-21(29)28-14-17-5-7-18(8-6-17)23(31)32/h5-8,15-16,19-20,24-25H,4,9-14H2,1-3H3,(H,28,29)(H,31,32). The number of aromatic carboxylic acids is 1. The van der Waals surface area contributed by atoms with Crippen LogP contribution in [-0.2, 0) is 40.1 Å². The van der Waals surface area contributed by atoms with Gasteiger partial charge in [-0.25, -0.2) is 14.6 Å². The van der Waals surface area contributed by atoms with Crippen LogP contribution in [0.1, 0.15) is 75.2 Å². The first-order chi connectivity index (χ1) is 17.6. The van der Waals surface area contributed by atoms with Crippen molar-refractivity contribution >= 4 is 17.8 Å². The van der Waals surface area contributed by atoms with Crippen LogP contribution in [0.2, 0.25) is 0 Å². The smallest absolute Gasteiger partial charge is 0.335 e. The molecule has 1 aliphatic carbocycles. The maximum atomic E-state index is 12.7. The minimum Gasteiger partial charge on any atom is -0.478 e. The van der Waals surface area contributed by atoms with Gasteiger partial charge in [0.1, 0.15) is 0 Å². The predicted molar refractivity (Wildman–Crippen MR) is 127 cm³/mol. The van der Waals surface area contributed by atoms with E-state index >= 15 is 0 Å². The van der Waals surface area contributed by atoms with Crippen LogP contribution >= 0.6 is 0 Å². The normalized spacial score (nSPS) is 38.2. The minimum absolute atomic E-state index is 0.0327. The fraction of sp³-hybridized carbons (Fsp3) is 0.667. The zero-order valence-corrected chi connectivity index (χ0v) is 21.4. The molecule has 37 heavy (non-hydrogen) atoms. The third kappa shape index (κ3) is 4.87. The molecule has 1 aromatic rings. The highest BCUT2D eigenvalue weighted by atomic mass is 17.3. The second kappa shape index (κ2) is 9.98. The molecule has 10 nitrogen and oxygen atoms in total. The highest BCUT2D eigenvalue weighted by Crippen LogP contribution is 2.60. The van der Waals surface area contributed by atoms with Gasteiger partial charge in [0.05, 0.1) is 12.0 Å². The van der Waals surface area contributed by atoms with Crippen LogP contribution < -0.4 is 5.32 Å². The number of hydrogen-bond acceptors (Lipinski definition) is 8. The zero-order valence-electron chi connectivity index (χ0n) is 21.4. The van der Waals surface area contributed by atoms with Crippen LogP contribution in [0.5, 0.6) is 0 Å². The molecule has 4 aliphatic heterocycles. The summed E-state index contributed by atoms with van der Waals surface area (Å²) in [7, 11) is 0. The van der Waals surface area contributed by atoms with E-state index in [4.69, 9.17) is 29.1 Å². The molecule has 2 bridgehead atoms. The number of carboxylic acids is 1. The number of amides is 1. The molecule has 5 fully saturated rings.